The van der Waals surface area contributed by atoms with E-state index in [9.17, 15) is 0 Å². The second kappa shape index (κ2) is 7.61. The fourth-order valence-corrected chi connectivity index (χ4v) is 3.19. The average Bonchev–Trinajstić information content (AvgIpc) is 2.84. The van der Waals surface area contributed by atoms with Gasteiger partial charge in [0.1, 0.15) is 12.4 Å². The molecule has 2 aromatic carbocycles. The molecular weight excluding hydrogens is 272 g/mol. The molecule has 0 spiro atoms. The van der Waals surface area contributed by atoms with E-state index in [1.165, 1.54) is 30.0 Å². The lowest BCUT2D eigenvalue weighted by Crippen LogP contribution is -2.35. The molecule has 1 unspecified atom stereocenters. The Bertz CT molecular complexity index is 591. The summed E-state index contributed by atoms with van der Waals surface area (Å²) in [7, 11) is 2.22. The molecular formula is C19H26N2O. The van der Waals surface area contributed by atoms with Crippen LogP contribution in [0.2, 0.25) is 0 Å². The molecule has 0 bridgehead atoms. The molecule has 2 aromatic rings. The summed E-state index contributed by atoms with van der Waals surface area (Å²) in [6.45, 7) is 4.04. The first kappa shape index (κ1) is 15.3. The standard InChI is InChI=1S/C19H26N2O/c1-21(18-7-4-11-20-12-10-18)13-14-22-19-9-8-16-5-2-3-6-17(16)15-19/h2-3,5-6,8-9,15,18,20H,4,7,10-14H2,1H3. The molecule has 0 aromatic heterocycles. The fourth-order valence-electron chi connectivity index (χ4n) is 3.19. The first-order valence-corrected chi connectivity index (χ1v) is 8.35. The SMILES string of the molecule is CN(CCOc1ccc2ccccc2c1)C1CCCNCC1. The van der Waals surface area contributed by atoms with Crippen molar-refractivity contribution in [2.75, 3.05) is 33.3 Å². The van der Waals surface area contributed by atoms with Crippen LogP contribution in [0, 0.1) is 0 Å². The summed E-state index contributed by atoms with van der Waals surface area (Å²) >= 11 is 0. The van der Waals surface area contributed by atoms with Crippen molar-refractivity contribution >= 4 is 10.8 Å². The summed E-state index contributed by atoms with van der Waals surface area (Å²) < 4.78 is 5.95. The van der Waals surface area contributed by atoms with E-state index in [1.807, 2.05) is 0 Å². The molecule has 0 saturated carbocycles. The van der Waals surface area contributed by atoms with E-state index in [0.717, 1.165) is 32.0 Å². The maximum Gasteiger partial charge on any atom is 0.120 e. The van der Waals surface area contributed by atoms with E-state index in [2.05, 4.69) is 59.7 Å². The lowest BCUT2D eigenvalue weighted by Gasteiger charge is -2.26. The highest BCUT2D eigenvalue weighted by Crippen LogP contribution is 2.20. The Morgan fingerprint density at radius 3 is 2.86 bits per heavy atom. The van der Waals surface area contributed by atoms with Crippen molar-refractivity contribution in [3.63, 3.8) is 0 Å². The van der Waals surface area contributed by atoms with Gasteiger partial charge in [0, 0.05) is 12.6 Å². The molecule has 1 atom stereocenters. The van der Waals surface area contributed by atoms with E-state index in [0.29, 0.717) is 6.04 Å². The molecule has 1 heterocycles. The van der Waals surface area contributed by atoms with Gasteiger partial charge in [-0.3, -0.25) is 4.90 Å². The number of rotatable bonds is 5. The zero-order valence-corrected chi connectivity index (χ0v) is 13.4. The number of ether oxygens (including phenoxy) is 1. The van der Waals surface area contributed by atoms with Gasteiger partial charge in [-0.1, -0.05) is 30.3 Å². The van der Waals surface area contributed by atoms with Gasteiger partial charge in [-0.15, -0.1) is 0 Å². The average molecular weight is 298 g/mol. The van der Waals surface area contributed by atoms with Crippen LogP contribution < -0.4 is 10.1 Å². The topological polar surface area (TPSA) is 24.5 Å². The molecule has 3 rings (SSSR count). The monoisotopic (exact) mass is 298 g/mol. The van der Waals surface area contributed by atoms with Crippen molar-refractivity contribution in [1.82, 2.24) is 10.2 Å². The van der Waals surface area contributed by atoms with Crippen molar-refractivity contribution < 1.29 is 4.74 Å². The number of fused-ring (bicyclic) bond motifs is 1. The van der Waals surface area contributed by atoms with Gasteiger partial charge in [0.05, 0.1) is 0 Å². The van der Waals surface area contributed by atoms with Gasteiger partial charge in [-0.05, 0) is 62.3 Å². The zero-order chi connectivity index (χ0) is 15.2. The lowest BCUT2D eigenvalue weighted by atomic mass is 10.1. The van der Waals surface area contributed by atoms with Gasteiger partial charge in [-0.25, -0.2) is 0 Å². The third kappa shape index (κ3) is 3.99. The Morgan fingerprint density at radius 1 is 1.09 bits per heavy atom. The largest absolute Gasteiger partial charge is 0.492 e. The first-order chi connectivity index (χ1) is 10.8. The van der Waals surface area contributed by atoms with Crippen LogP contribution in [0.4, 0.5) is 0 Å². The second-order valence-corrected chi connectivity index (χ2v) is 6.17. The van der Waals surface area contributed by atoms with Gasteiger partial charge in [0.25, 0.3) is 0 Å². The van der Waals surface area contributed by atoms with Crippen molar-refractivity contribution in [2.45, 2.75) is 25.3 Å². The minimum Gasteiger partial charge on any atom is -0.492 e. The molecule has 0 radical (unpaired) electrons. The third-order valence-corrected chi connectivity index (χ3v) is 4.60. The molecule has 1 saturated heterocycles. The van der Waals surface area contributed by atoms with Gasteiger partial charge >= 0.3 is 0 Å². The van der Waals surface area contributed by atoms with Crippen LogP contribution in [-0.4, -0.2) is 44.2 Å². The highest BCUT2D eigenvalue weighted by atomic mass is 16.5. The Kier molecular flexibility index (Phi) is 5.30. The summed E-state index contributed by atoms with van der Waals surface area (Å²) in [5.41, 5.74) is 0. The Balaban J connectivity index is 1.50. The van der Waals surface area contributed by atoms with E-state index < -0.39 is 0 Å². The van der Waals surface area contributed by atoms with Crippen LogP contribution in [0.25, 0.3) is 10.8 Å². The molecule has 3 heteroatoms. The molecule has 1 fully saturated rings. The summed E-state index contributed by atoms with van der Waals surface area (Å²) in [5.74, 6) is 0.967. The van der Waals surface area contributed by atoms with Crippen LogP contribution >= 0.6 is 0 Å². The summed E-state index contributed by atoms with van der Waals surface area (Å²) in [4.78, 5) is 2.45. The van der Waals surface area contributed by atoms with Crippen LogP contribution in [0.1, 0.15) is 19.3 Å². The fraction of sp³-hybridized carbons (Fsp3) is 0.474. The highest BCUT2D eigenvalue weighted by molar-refractivity contribution is 5.83. The minimum atomic E-state index is 0.690. The zero-order valence-electron chi connectivity index (χ0n) is 13.4. The van der Waals surface area contributed by atoms with Crippen molar-refractivity contribution in [3.05, 3.63) is 42.5 Å². The van der Waals surface area contributed by atoms with Crippen LogP contribution in [0.5, 0.6) is 5.75 Å². The molecule has 3 nitrogen and oxygen atoms in total. The lowest BCUT2D eigenvalue weighted by molar-refractivity contribution is 0.180. The Hall–Kier alpha value is -1.58. The molecule has 1 aliphatic heterocycles. The maximum absolute atomic E-state index is 5.95. The van der Waals surface area contributed by atoms with Gasteiger partial charge in [0.15, 0.2) is 0 Å². The highest BCUT2D eigenvalue weighted by Gasteiger charge is 2.16. The van der Waals surface area contributed by atoms with Crippen molar-refractivity contribution in [3.8, 4) is 5.75 Å². The first-order valence-electron chi connectivity index (χ1n) is 8.35. The summed E-state index contributed by atoms with van der Waals surface area (Å²) in [6, 6.07) is 15.4. The predicted octanol–water partition coefficient (Wildman–Crippen LogP) is 3.29. The van der Waals surface area contributed by atoms with Gasteiger partial charge < -0.3 is 10.1 Å². The maximum atomic E-state index is 5.95. The van der Waals surface area contributed by atoms with E-state index >= 15 is 0 Å². The van der Waals surface area contributed by atoms with Crippen molar-refractivity contribution in [2.24, 2.45) is 0 Å². The number of nitrogens with one attached hydrogen (secondary N) is 1. The molecule has 1 aliphatic rings. The number of likely N-dealkylation sites (N-methyl/N-ethyl adjacent to an activating group) is 1. The van der Waals surface area contributed by atoms with Gasteiger partial charge in [0.2, 0.25) is 0 Å². The predicted molar refractivity (Wildman–Crippen MR) is 92.6 cm³/mol. The van der Waals surface area contributed by atoms with Gasteiger partial charge in [-0.2, -0.15) is 0 Å². The van der Waals surface area contributed by atoms with E-state index in [1.54, 1.807) is 0 Å². The molecule has 22 heavy (non-hydrogen) atoms. The molecule has 1 N–H and O–H groups in total. The van der Waals surface area contributed by atoms with E-state index in [4.69, 9.17) is 4.74 Å². The Labute approximate surface area is 133 Å². The van der Waals surface area contributed by atoms with Crippen molar-refractivity contribution in [1.29, 1.82) is 0 Å². The quantitative estimate of drug-likeness (QED) is 0.916. The molecule has 0 aliphatic carbocycles. The number of benzene rings is 2. The summed E-state index contributed by atoms with van der Waals surface area (Å²) in [6.07, 6.45) is 3.81. The van der Waals surface area contributed by atoms with Crippen LogP contribution in [-0.2, 0) is 0 Å². The molecule has 0 amide bonds. The second-order valence-electron chi connectivity index (χ2n) is 6.17. The normalized spacial score (nSPS) is 19.3. The third-order valence-electron chi connectivity index (χ3n) is 4.60. The number of nitrogens with zero attached hydrogens (tertiary/aromatic N) is 1. The molecule has 118 valence electrons. The number of hydrogen-bond donors (Lipinski definition) is 1. The van der Waals surface area contributed by atoms with Crippen LogP contribution in [0.15, 0.2) is 42.5 Å². The van der Waals surface area contributed by atoms with Crippen LogP contribution in [0.3, 0.4) is 0 Å². The summed E-state index contributed by atoms with van der Waals surface area (Å²) in [5, 5.41) is 5.97. The Morgan fingerprint density at radius 2 is 1.95 bits per heavy atom. The smallest absolute Gasteiger partial charge is 0.120 e. The number of hydrogen-bond acceptors (Lipinski definition) is 3. The minimum absolute atomic E-state index is 0.690. The van der Waals surface area contributed by atoms with E-state index in [-0.39, 0.29) is 0 Å².